The highest BCUT2D eigenvalue weighted by Gasteiger charge is 2.24. The maximum Gasteiger partial charge on any atom is 0.133 e. The first-order chi connectivity index (χ1) is 6.14. The van der Waals surface area contributed by atoms with E-state index in [9.17, 15) is 4.39 Å². The summed E-state index contributed by atoms with van der Waals surface area (Å²) in [5.41, 5.74) is 3.66. The largest absolute Gasteiger partial charge is 0.207 e. The van der Waals surface area contributed by atoms with Crippen molar-refractivity contribution in [1.29, 1.82) is 0 Å². The molecule has 0 radical (unpaired) electrons. The zero-order chi connectivity index (χ0) is 9.90. The Kier molecular flexibility index (Phi) is 2.83. The van der Waals surface area contributed by atoms with Gasteiger partial charge in [-0.25, -0.2) is 4.39 Å². The SMILES string of the molecule is C=C[Si](C)(C=C)c1ccccc1F. The van der Waals surface area contributed by atoms with Gasteiger partial charge in [-0.05, 0) is 11.3 Å². The zero-order valence-electron chi connectivity index (χ0n) is 7.76. The molecular formula is C11H13FSi. The van der Waals surface area contributed by atoms with E-state index in [4.69, 9.17) is 0 Å². The molecule has 0 bridgehead atoms. The van der Waals surface area contributed by atoms with Crippen LogP contribution in [0.1, 0.15) is 0 Å². The summed E-state index contributed by atoms with van der Waals surface area (Å²) in [5, 5.41) is 0.750. The molecule has 1 rings (SSSR count). The van der Waals surface area contributed by atoms with E-state index >= 15 is 0 Å². The van der Waals surface area contributed by atoms with E-state index < -0.39 is 8.07 Å². The van der Waals surface area contributed by atoms with Crippen molar-refractivity contribution in [1.82, 2.24) is 0 Å². The number of halogens is 1. The smallest absolute Gasteiger partial charge is 0.133 e. The van der Waals surface area contributed by atoms with Gasteiger partial charge < -0.3 is 0 Å². The molecule has 0 aromatic heterocycles. The van der Waals surface area contributed by atoms with Gasteiger partial charge in [0.25, 0.3) is 0 Å². The molecule has 0 nitrogen and oxygen atoms in total. The van der Waals surface area contributed by atoms with Gasteiger partial charge in [0.1, 0.15) is 13.9 Å². The molecular weight excluding hydrogens is 179 g/mol. The van der Waals surface area contributed by atoms with Crippen molar-refractivity contribution in [3.05, 3.63) is 54.6 Å². The second-order valence-corrected chi connectivity index (χ2v) is 7.09. The molecule has 0 aliphatic carbocycles. The minimum absolute atomic E-state index is 0.156. The Balaban J connectivity index is 3.27. The van der Waals surface area contributed by atoms with Gasteiger partial charge in [0.2, 0.25) is 0 Å². The Labute approximate surface area is 79.4 Å². The number of hydrogen-bond acceptors (Lipinski definition) is 0. The number of benzene rings is 1. The normalized spacial score (nSPS) is 10.9. The highest BCUT2D eigenvalue weighted by molar-refractivity contribution is 6.98. The molecule has 0 saturated carbocycles. The summed E-state index contributed by atoms with van der Waals surface area (Å²) in [6, 6.07) is 6.83. The Bertz CT molecular complexity index is 323. The highest BCUT2D eigenvalue weighted by Crippen LogP contribution is 2.08. The lowest BCUT2D eigenvalue weighted by Gasteiger charge is -2.19. The van der Waals surface area contributed by atoms with Crippen molar-refractivity contribution in [2.45, 2.75) is 6.55 Å². The Morgan fingerprint density at radius 2 is 1.77 bits per heavy atom. The minimum Gasteiger partial charge on any atom is -0.207 e. The summed E-state index contributed by atoms with van der Waals surface area (Å²) in [5.74, 6) is -0.156. The lowest BCUT2D eigenvalue weighted by atomic mass is 10.3. The van der Waals surface area contributed by atoms with Gasteiger partial charge in [-0.2, -0.15) is 0 Å². The highest BCUT2D eigenvalue weighted by atomic mass is 28.3. The van der Waals surface area contributed by atoms with Gasteiger partial charge in [0.05, 0.1) is 0 Å². The lowest BCUT2D eigenvalue weighted by Crippen LogP contribution is -2.42. The van der Waals surface area contributed by atoms with Crippen LogP contribution in [0.25, 0.3) is 0 Å². The van der Waals surface area contributed by atoms with Crippen molar-refractivity contribution < 1.29 is 4.39 Å². The van der Waals surface area contributed by atoms with Crippen molar-refractivity contribution >= 4 is 13.3 Å². The van der Waals surface area contributed by atoms with Crippen molar-refractivity contribution in [3.63, 3.8) is 0 Å². The second kappa shape index (κ2) is 3.71. The Morgan fingerprint density at radius 1 is 1.23 bits per heavy atom. The average molecular weight is 192 g/mol. The van der Waals surface area contributed by atoms with E-state index in [-0.39, 0.29) is 5.82 Å². The molecule has 0 saturated heterocycles. The third kappa shape index (κ3) is 1.78. The van der Waals surface area contributed by atoms with E-state index in [0.717, 1.165) is 5.19 Å². The molecule has 0 unspecified atom stereocenters. The Hall–Kier alpha value is -1.15. The maximum atomic E-state index is 13.4. The van der Waals surface area contributed by atoms with E-state index in [1.165, 1.54) is 6.07 Å². The minimum atomic E-state index is -1.97. The molecule has 0 aliphatic rings. The first kappa shape index (κ1) is 9.93. The predicted octanol–water partition coefficient (Wildman–Crippen LogP) is 2.56. The fourth-order valence-electron chi connectivity index (χ4n) is 1.20. The molecule has 0 amide bonds. The van der Waals surface area contributed by atoms with Crippen LogP contribution >= 0.6 is 0 Å². The monoisotopic (exact) mass is 192 g/mol. The standard InChI is InChI=1S/C11H13FSi/c1-4-13(3,5-2)11-9-7-6-8-10(11)12/h4-9H,1-2H2,3H3. The van der Waals surface area contributed by atoms with E-state index in [2.05, 4.69) is 13.2 Å². The molecule has 0 aliphatic heterocycles. The zero-order valence-corrected chi connectivity index (χ0v) is 8.76. The van der Waals surface area contributed by atoms with Crippen LogP contribution in [0.4, 0.5) is 4.39 Å². The molecule has 0 N–H and O–H groups in total. The van der Waals surface area contributed by atoms with Gasteiger partial charge in [-0.3, -0.25) is 0 Å². The molecule has 0 heterocycles. The summed E-state index contributed by atoms with van der Waals surface area (Å²) < 4.78 is 13.4. The van der Waals surface area contributed by atoms with Crippen LogP contribution in [0.15, 0.2) is 48.8 Å². The fraction of sp³-hybridized carbons (Fsp3) is 0.0909. The summed E-state index contributed by atoms with van der Waals surface area (Å²) in [4.78, 5) is 0. The molecule has 1 aromatic rings. The van der Waals surface area contributed by atoms with Crippen LogP contribution in [0, 0.1) is 5.82 Å². The van der Waals surface area contributed by atoms with Crippen LogP contribution in [-0.2, 0) is 0 Å². The molecule has 68 valence electrons. The topological polar surface area (TPSA) is 0 Å². The third-order valence-electron chi connectivity index (χ3n) is 2.30. The summed E-state index contributed by atoms with van der Waals surface area (Å²) >= 11 is 0. The molecule has 0 spiro atoms. The summed E-state index contributed by atoms with van der Waals surface area (Å²) in [6.45, 7) is 9.51. The summed E-state index contributed by atoms with van der Waals surface area (Å²) in [6.07, 6.45) is 0. The molecule has 1 aromatic carbocycles. The van der Waals surface area contributed by atoms with Gasteiger partial charge in [-0.1, -0.05) is 36.1 Å². The van der Waals surface area contributed by atoms with Crippen molar-refractivity contribution in [2.75, 3.05) is 0 Å². The fourth-order valence-corrected chi connectivity index (χ4v) is 2.86. The maximum absolute atomic E-state index is 13.4. The van der Waals surface area contributed by atoms with E-state index in [0.29, 0.717) is 0 Å². The average Bonchev–Trinajstić information content (AvgIpc) is 2.17. The number of rotatable bonds is 3. The van der Waals surface area contributed by atoms with E-state index in [1.807, 2.05) is 30.1 Å². The predicted molar refractivity (Wildman–Crippen MR) is 58.0 cm³/mol. The third-order valence-corrected chi connectivity index (χ3v) is 5.56. The molecule has 2 heteroatoms. The molecule has 0 fully saturated rings. The van der Waals surface area contributed by atoms with Crippen LogP contribution in [-0.4, -0.2) is 8.07 Å². The van der Waals surface area contributed by atoms with Gasteiger partial charge in [0.15, 0.2) is 0 Å². The van der Waals surface area contributed by atoms with Crippen molar-refractivity contribution in [3.8, 4) is 0 Å². The second-order valence-electron chi connectivity index (χ2n) is 3.17. The van der Waals surface area contributed by atoms with Gasteiger partial charge >= 0.3 is 0 Å². The van der Waals surface area contributed by atoms with Crippen LogP contribution < -0.4 is 5.19 Å². The first-order valence-corrected chi connectivity index (χ1v) is 6.81. The van der Waals surface area contributed by atoms with Gasteiger partial charge in [0, 0.05) is 0 Å². The molecule has 13 heavy (non-hydrogen) atoms. The Morgan fingerprint density at radius 3 is 2.23 bits per heavy atom. The molecule has 0 atom stereocenters. The van der Waals surface area contributed by atoms with Crippen LogP contribution in [0.2, 0.25) is 6.55 Å². The van der Waals surface area contributed by atoms with E-state index in [1.54, 1.807) is 6.07 Å². The van der Waals surface area contributed by atoms with Crippen LogP contribution in [0.3, 0.4) is 0 Å². The summed E-state index contributed by atoms with van der Waals surface area (Å²) in [7, 11) is -1.97. The quantitative estimate of drug-likeness (QED) is 0.646. The number of hydrogen-bond donors (Lipinski definition) is 0. The van der Waals surface area contributed by atoms with Crippen molar-refractivity contribution in [2.24, 2.45) is 0 Å². The lowest BCUT2D eigenvalue weighted by molar-refractivity contribution is 0.635. The first-order valence-electron chi connectivity index (χ1n) is 4.16. The van der Waals surface area contributed by atoms with Gasteiger partial charge in [-0.15, -0.1) is 13.2 Å². The van der Waals surface area contributed by atoms with Crippen LogP contribution in [0.5, 0.6) is 0 Å².